The molecule has 0 radical (unpaired) electrons. The van der Waals surface area contributed by atoms with Crippen molar-refractivity contribution in [1.29, 1.82) is 0 Å². The van der Waals surface area contributed by atoms with Crippen LogP contribution in [0.25, 0.3) is 0 Å². The minimum Gasteiger partial charge on any atom is -0.463 e. The molecule has 0 aromatic rings. The maximum absolute atomic E-state index is 12.2. The quantitative estimate of drug-likeness (QED) is 0.0166. The van der Waals surface area contributed by atoms with Crippen molar-refractivity contribution in [2.45, 2.75) is 186 Å². The number of hydrogen-bond acceptors (Lipinski definition) is 13. The Morgan fingerprint density at radius 3 is 1.12 bits per heavy atom. The molecule has 0 aliphatic carbocycles. The summed E-state index contributed by atoms with van der Waals surface area (Å²) in [4.78, 5) is 43.7. The molecule has 0 spiro atoms. The molecule has 0 amide bonds. The molecule has 0 fully saturated rings. The van der Waals surface area contributed by atoms with Gasteiger partial charge in [-0.3, -0.25) is 27.7 Å². The first-order valence-electron chi connectivity index (χ1n) is 24.3. The maximum atomic E-state index is 12.2. The third-order valence-corrected chi connectivity index (χ3v) is 11.5. The molecular formula is C49H86O15P2. The number of aliphatic hydroxyl groups is 3. The monoisotopic (exact) mass is 977 g/mol. The molecular weight excluding hydrogens is 890 g/mol. The minimum atomic E-state index is -4.80. The van der Waals surface area contributed by atoms with E-state index >= 15 is 0 Å². The first-order chi connectivity index (χ1) is 31.8. The van der Waals surface area contributed by atoms with Gasteiger partial charge in [-0.05, 0) is 77.0 Å². The molecule has 5 unspecified atom stereocenters. The molecule has 5 N–H and O–H groups in total. The highest BCUT2D eigenvalue weighted by Gasteiger charge is 2.28. The van der Waals surface area contributed by atoms with Gasteiger partial charge in [0, 0.05) is 12.8 Å². The van der Waals surface area contributed by atoms with Gasteiger partial charge < -0.3 is 34.6 Å². The van der Waals surface area contributed by atoms with E-state index in [1.807, 2.05) is 12.2 Å². The molecule has 0 aromatic carbocycles. The second kappa shape index (κ2) is 45.0. The highest BCUT2D eigenvalue weighted by atomic mass is 31.2. The van der Waals surface area contributed by atoms with Crippen molar-refractivity contribution in [3.8, 4) is 0 Å². The van der Waals surface area contributed by atoms with Crippen molar-refractivity contribution in [3.05, 3.63) is 72.9 Å². The van der Waals surface area contributed by atoms with Gasteiger partial charge in [0.15, 0.2) is 0 Å². The van der Waals surface area contributed by atoms with E-state index < -0.39 is 85.5 Å². The van der Waals surface area contributed by atoms with Crippen LogP contribution in [0, 0.1) is 0 Å². The predicted molar refractivity (Wildman–Crippen MR) is 260 cm³/mol. The number of esters is 2. The van der Waals surface area contributed by atoms with E-state index in [2.05, 4.69) is 92.7 Å². The van der Waals surface area contributed by atoms with Gasteiger partial charge in [0.25, 0.3) is 0 Å². The number of phosphoric acid groups is 2. The normalized spacial score (nSPS) is 15.7. The standard InChI is InChI=1S/C49H86O15P2/c1-3-5-7-9-11-13-15-17-19-21-23-25-27-29-31-33-35-37-48(53)59-39-45(50)41-61-65(55,56)63-43-47(52)44-64-66(57,58)62-42-46(51)40-60-49(54)38-36-34-32-30-28-26-24-22-20-18-16-14-12-10-8-6-4-2/h5,7,11,13,17-20,23,25,29,31,45-47,50-52H,3-4,6,8-10,12,14-16,21-22,24,26-28,30,32-44H2,1-2H3,(H,55,56)(H,57,58)/b7-5-,13-11-,19-17-,20-18+,25-23-,31-29-. The zero-order chi connectivity index (χ0) is 48.8. The summed E-state index contributed by atoms with van der Waals surface area (Å²) < 4.78 is 52.9. The van der Waals surface area contributed by atoms with Gasteiger partial charge in [-0.2, -0.15) is 0 Å². The van der Waals surface area contributed by atoms with Crippen molar-refractivity contribution in [2.75, 3.05) is 39.6 Å². The molecule has 382 valence electrons. The van der Waals surface area contributed by atoms with E-state index in [0.717, 1.165) is 64.2 Å². The Bertz CT molecular complexity index is 1460. The number of rotatable bonds is 46. The van der Waals surface area contributed by atoms with E-state index in [4.69, 9.17) is 9.47 Å². The molecule has 0 heterocycles. The molecule has 0 aliphatic heterocycles. The van der Waals surface area contributed by atoms with Crippen LogP contribution in [-0.4, -0.2) is 95.0 Å². The first-order valence-corrected chi connectivity index (χ1v) is 27.3. The van der Waals surface area contributed by atoms with Crippen molar-refractivity contribution < 1.29 is 71.4 Å². The van der Waals surface area contributed by atoms with Crippen LogP contribution in [0.5, 0.6) is 0 Å². The van der Waals surface area contributed by atoms with Gasteiger partial charge in [-0.1, -0.05) is 151 Å². The largest absolute Gasteiger partial charge is 0.472 e. The van der Waals surface area contributed by atoms with Gasteiger partial charge in [0.1, 0.15) is 31.5 Å². The summed E-state index contributed by atoms with van der Waals surface area (Å²) in [6, 6.07) is 0. The summed E-state index contributed by atoms with van der Waals surface area (Å²) >= 11 is 0. The second-order valence-corrected chi connectivity index (χ2v) is 19.0. The lowest BCUT2D eigenvalue weighted by Gasteiger charge is -2.19. The maximum Gasteiger partial charge on any atom is 0.472 e. The van der Waals surface area contributed by atoms with Crippen LogP contribution in [0.2, 0.25) is 0 Å². The lowest BCUT2D eigenvalue weighted by atomic mass is 10.1. The molecule has 0 rings (SSSR count). The van der Waals surface area contributed by atoms with Gasteiger partial charge in [-0.15, -0.1) is 0 Å². The summed E-state index contributed by atoms with van der Waals surface area (Å²) in [5.74, 6) is -1.06. The first kappa shape index (κ1) is 63.5. The molecule has 0 saturated heterocycles. The number of hydrogen-bond donors (Lipinski definition) is 5. The molecule has 0 bridgehead atoms. The van der Waals surface area contributed by atoms with Crippen LogP contribution < -0.4 is 0 Å². The predicted octanol–water partition coefficient (Wildman–Crippen LogP) is 11.2. The number of unbranched alkanes of at least 4 members (excludes halogenated alkanes) is 14. The number of allylic oxidation sites excluding steroid dienone is 12. The number of carbonyl (C=O) groups excluding carboxylic acids is 2. The number of carbonyl (C=O) groups is 2. The van der Waals surface area contributed by atoms with Crippen LogP contribution in [-0.2, 0) is 46.3 Å². The number of phosphoric ester groups is 2. The Balaban J connectivity index is 3.95. The Morgan fingerprint density at radius 1 is 0.409 bits per heavy atom. The highest BCUT2D eigenvalue weighted by Crippen LogP contribution is 2.45. The smallest absolute Gasteiger partial charge is 0.463 e. The van der Waals surface area contributed by atoms with E-state index in [1.165, 1.54) is 57.8 Å². The van der Waals surface area contributed by atoms with E-state index in [-0.39, 0.29) is 12.8 Å². The fourth-order valence-electron chi connectivity index (χ4n) is 5.89. The Labute approximate surface area is 396 Å². The highest BCUT2D eigenvalue weighted by molar-refractivity contribution is 7.47. The third kappa shape index (κ3) is 46.6. The van der Waals surface area contributed by atoms with Crippen LogP contribution in [0.1, 0.15) is 168 Å². The van der Waals surface area contributed by atoms with Gasteiger partial charge >= 0.3 is 27.6 Å². The van der Waals surface area contributed by atoms with Gasteiger partial charge in [-0.25, -0.2) is 9.13 Å². The van der Waals surface area contributed by atoms with E-state index in [1.54, 1.807) is 0 Å². The zero-order valence-corrected chi connectivity index (χ0v) is 41.9. The molecule has 0 aromatic heterocycles. The average Bonchev–Trinajstić information content (AvgIpc) is 3.29. The summed E-state index contributed by atoms with van der Waals surface area (Å²) in [5, 5.41) is 30.0. The Morgan fingerprint density at radius 2 is 0.712 bits per heavy atom. The van der Waals surface area contributed by atoms with Crippen LogP contribution in [0.15, 0.2) is 72.9 Å². The second-order valence-electron chi connectivity index (χ2n) is 16.1. The summed E-state index contributed by atoms with van der Waals surface area (Å²) in [5.41, 5.74) is 0. The van der Waals surface area contributed by atoms with Gasteiger partial charge in [0.2, 0.25) is 0 Å². The molecule has 17 heteroatoms. The van der Waals surface area contributed by atoms with Crippen LogP contribution >= 0.6 is 15.6 Å². The van der Waals surface area contributed by atoms with E-state index in [0.29, 0.717) is 19.3 Å². The van der Waals surface area contributed by atoms with Crippen molar-refractivity contribution in [3.63, 3.8) is 0 Å². The lowest BCUT2D eigenvalue weighted by molar-refractivity contribution is -0.148. The molecule has 0 saturated carbocycles. The third-order valence-electron chi connectivity index (χ3n) is 9.65. The average molecular weight is 977 g/mol. The minimum absolute atomic E-state index is 0.115. The molecule has 0 aliphatic rings. The van der Waals surface area contributed by atoms with Crippen LogP contribution in [0.4, 0.5) is 0 Å². The summed E-state index contributed by atoms with van der Waals surface area (Å²) in [6.07, 6.45) is 44.7. The topological polar surface area (TPSA) is 225 Å². The Hall–Kier alpha value is -2.52. The van der Waals surface area contributed by atoms with Crippen molar-refractivity contribution in [1.82, 2.24) is 0 Å². The van der Waals surface area contributed by atoms with Crippen molar-refractivity contribution in [2.24, 2.45) is 0 Å². The molecule has 15 nitrogen and oxygen atoms in total. The summed E-state index contributed by atoms with van der Waals surface area (Å²) in [7, 11) is -9.59. The molecule has 5 atom stereocenters. The summed E-state index contributed by atoms with van der Waals surface area (Å²) in [6.45, 7) is 0.220. The van der Waals surface area contributed by atoms with Gasteiger partial charge in [0.05, 0.1) is 26.4 Å². The molecule has 66 heavy (non-hydrogen) atoms. The SMILES string of the molecule is CC/C=C\C/C=C\C/C=C\C/C=C\C/C=C\CCCC(=O)OCC(O)COP(=O)(O)OCC(O)COP(=O)(O)OCC(O)COC(=O)CCCCCCCCC/C=C/CCCCCCCC. The van der Waals surface area contributed by atoms with E-state index in [9.17, 15) is 43.8 Å². The zero-order valence-electron chi connectivity index (χ0n) is 40.1. The number of ether oxygens (including phenoxy) is 2. The van der Waals surface area contributed by atoms with Crippen LogP contribution in [0.3, 0.4) is 0 Å². The van der Waals surface area contributed by atoms with Crippen molar-refractivity contribution >= 4 is 27.6 Å². The number of aliphatic hydroxyl groups excluding tert-OH is 3. The fourth-order valence-corrected chi connectivity index (χ4v) is 7.48. The lowest BCUT2D eigenvalue weighted by Crippen LogP contribution is -2.25. The fraction of sp³-hybridized carbons (Fsp3) is 0.714. The Kier molecular flexibility index (Phi) is 43.2.